The van der Waals surface area contributed by atoms with Crippen LogP contribution in [0, 0.1) is 0 Å². The summed E-state index contributed by atoms with van der Waals surface area (Å²) in [5.41, 5.74) is 4.12. The van der Waals surface area contributed by atoms with Crippen LogP contribution in [-0.4, -0.2) is 36.1 Å². The van der Waals surface area contributed by atoms with E-state index in [1.807, 2.05) is 25.2 Å². The van der Waals surface area contributed by atoms with Crippen molar-refractivity contribution in [3.63, 3.8) is 0 Å². The number of nitrogens with zero attached hydrogens (tertiary/aromatic N) is 2. The van der Waals surface area contributed by atoms with Crippen molar-refractivity contribution < 1.29 is 9.32 Å². The molecule has 2 aliphatic rings. The van der Waals surface area contributed by atoms with Crippen molar-refractivity contribution in [1.29, 1.82) is 0 Å². The predicted molar refractivity (Wildman–Crippen MR) is 103 cm³/mol. The van der Waals surface area contributed by atoms with Crippen molar-refractivity contribution in [1.82, 2.24) is 15.4 Å². The largest absolute Gasteiger partial charge is 0.361 e. The summed E-state index contributed by atoms with van der Waals surface area (Å²) in [6.45, 7) is 2.48. The molecule has 1 amide bonds. The van der Waals surface area contributed by atoms with Gasteiger partial charge in [0.2, 0.25) is 0 Å². The normalized spacial score (nSPS) is 18.9. The zero-order chi connectivity index (χ0) is 17.2. The van der Waals surface area contributed by atoms with Crippen LogP contribution < -0.4 is 5.32 Å². The van der Waals surface area contributed by atoms with Crippen LogP contribution in [0.2, 0.25) is 0 Å². The van der Waals surface area contributed by atoms with Crippen LogP contribution in [0.1, 0.15) is 58.1 Å². The second-order valence-electron chi connectivity index (χ2n) is 7.18. The van der Waals surface area contributed by atoms with Gasteiger partial charge in [0.15, 0.2) is 0 Å². The van der Waals surface area contributed by atoms with Crippen molar-refractivity contribution in [2.24, 2.45) is 0 Å². The van der Waals surface area contributed by atoms with Crippen LogP contribution in [0.3, 0.4) is 0 Å². The lowest BCUT2D eigenvalue weighted by Crippen LogP contribution is -2.28. The third-order valence-corrected chi connectivity index (χ3v) is 5.46. The van der Waals surface area contributed by atoms with E-state index in [0.29, 0.717) is 12.5 Å². The Morgan fingerprint density at radius 2 is 2.12 bits per heavy atom. The van der Waals surface area contributed by atoms with Gasteiger partial charge in [-0.1, -0.05) is 23.4 Å². The van der Waals surface area contributed by atoms with E-state index in [2.05, 4.69) is 16.5 Å². The molecule has 1 N–H and O–H groups in total. The summed E-state index contributed by atoms with van der Waals surface area (Å²) in [6, 6.07) is 8.02. The summed E-state index contributed by atoms with van der Waals surface area (Å²) in [5.74, 6) is 1.50. The van der Waals surface area contributed by atoms with Crippen molar-refractivity contribution in [3.8, 4) is 0 Å². The molecular formula is C20H26ClN3O2. The average Bonchev–Trinajstić information content (AvgIpc) is 3.32. The van der Waals surface area contributed by atoms with Gasteiger partial charge in [-0.15, -0.1) is 12.4 Å². The second kappa shape index (κ2) is 8.23. The highest BCUT2D eigenvalue weighted by Gasteiger charge is 2.25. The molecule has 1 atom stereocenters. The van der Waals surface area contributed by atoms with E-state index >= 15 is 0 Å². The van der Waals surface area contributed by atoms with Gasteiger partial charge in [0.05, 0.1) is 6.54 Å². The Morgan fingerprint density at radius 1 is 1.31 bits per heavy atom. The van der Waals surface area contributed by atoms with Crippen LogP contribution in [0.5, 0.6) is 0 Å². The van der Waals surface area contributed by atoms with Gasteiger partial charge in [-0.3, -0.25) is 4.79 Å². The third-order valence-electron chi connectivity index (χ3n) is 5.46. The number of carbonyl (C=O) groups is 1. The minimum Gasteiger partial charge on any atom is -0.361 e. The first-order valence-corrected chi connectivity index (χ1v) is 9.25. The first-order valence-electron chi connectivity index (χ1n) is 9.25. The number of benzene rings is 1. The molecular weight excluding hydrogens is 350 g/mol. The highest BCUT2D eigenvalue weighted by atomic mass is 35.5. The summed E-state index contributed by atoms with van der Waals surface area (Å²) in [5, 5.41) is 7.62. The summed E-state index contributed by atoms with van der Waals surface area (Å²) >= 11 is 0. The van der Waals surface area contributed by atoms with E-state index in [-0.39, 0.29) is 18.3 Å². The van der Waals surface area contributed by atoms with Crippen molar-refractivity contribution in [2.75, 3.05) is 20.1 Å². The summed E-state index contributed by atoms with van der Waals surface area (Å²) in [7, 11) is 1.86. The standard InChI is InChI=1S/C20H25N3O2.ClH/c1-23(13-18-17-8-4-5-9-19(17)25-22-18)20(24)16-7-3-2-6-15(16)14-10-11-21-12-14;/h2-3,6-7,14,21H,4-5,8-13H2,1H3;1H. The second-order valence-corrected chi connectivity index (χ2v) is 7.18. The Hall–Kier alpha value is -1.85. The van der Waals surface area contributed by atoms with Crippen LogP contribution in [0.15, 0.2) is 28.8 Å². The Bertz CT molecular complexity index is 768. The fourth-order valence-corrected chi connectivity index (χ4v) is 4.04. The molecule has 1 fully saturated rings. The Balaban J connectivity index is 0.00000196. The average molecular weight is 376 g/mol. The van der Waals surface area contributed by atoms with Crippen LogP contribution in [-0.2, 0) is 19.4 Å². The van der Waals surface area contributed by atoms with Crippen LogP contribution >= 0.6 is 12.4 Å². The monoisotopic (exact) mass is 375 g/mol. The minimum atomic E-state index is 0. The number of aryl methyl sites for hydroxylation is 1. The van der Waals surface area contributed by atoms with E-state index in [9.17, 15) is 4.79 Å². The maximum absolute atomic E-state index is 13.1. The molecule has 1 saturated heterocycles. The minimum absolute atomic E-state index is 0. The molecule has 0 bridgehead atoms. The zero-order valence-electron chi connectivity index (χ0n) is 15.2. The number of rotatable bonds is 4. The summed E-state index contributed by atoms with van der Waals surface area (Å²) in [4.78, 5) is 14.8. The van der Waals surface area contributed by atoms with Crippen LogP contribution in [0.25, 0.3) is 0 Å². The van der Waals surface area contributed by atoms with Crippen molar-refractivity contribution >= 4 is 18.3 Å². The lowest BCUT2D eigenvalue weighted by atomic mass is 9.92. The molecule has 4 rings (SSSR count). The number of fused-ring (bicyclic) bond motifs is 1. The first kappa shape index (κ1) is 18.9. The fourth-order valence-electron chi connectivity index (χ4n) is 4.04. The van der Waals surface area contributed by atoms with Gasteiger partial charge in [-0.2, -0.15) is 0 Å². The topological polar surface area (TPSA) is 58.4 Å². The molecule has 26 heavy (non-hydrogen) atoms. The maximum Gasteiger partial charge on any atom is 0.254 e. The Morgan fingerprint density at radius 3 is 2.92 bits per heavy atom. The van der Waals surface area contributed by atoms with Gasteiger partial charge >= 0.3 is 0 Å². The number of hydrogen-bond donors (Lipinski definition) is 1. The van der Waals surface area contributed by atoms with E-state index in [4.69, 9.17) is 4.52 Å². The van der Waals surface area contributed by atoms with Gasteiger partial charge in [0.25, 0.3) is 5.91 Å². The number of aromatic nitrogens is 1. The highest BCUT2D eigenvalue weighted by Crippen LogP contribution is 2.28. The summed E-state index contributed by atoms with van der Waals surface area (Å²) in [6.07, 6.45) is 5.42. The van der Waals surface area contributed by atoms with Crippen molar-refractivity contribution in [3.05, 3.63) is 52.4 Å². The maximum atomic E-state index is 13.1. The number of carbonyl (C=O) groups excluding carboxylic acids is 1. The molecule has 1 aromatic heterocycles. The van der Waals surface area contributed by atoms with E-state index in [1.54, 1.807) is 4.90 Å². The van der Waals surface area contributed by atoms with Crippen molar-refractivity contribution in [2.45, 2.75) is 44.6 Å². The number of nitrogens with one attached hydrogen (secondary N) is 1. The van der Waals surface area contributed by atoms with Crippen LogP contribution in [0.4, 0.5) is 0 Å². The molecule has 1 aliphatic heterocycles. The van der Waals surface area contributed by atoms with Gasteiger partial charge < -0.3 is 14.7 Å². The smallest absolute Gasteiger partial charge is 0.254 e. The number of hydrogen-bond acceptors (Lipinski definition) is 4. The molecule has 2 heterocycles. The molecule has 1 aromatic carbocycles. The molecule has 2 aromatic rings. The molecule has 0 saturated carbocycles. The van der Waals surface area contributed by atoms with E-state index in [0.717, 1.165) is 54.9 Å². The Kier molecular flexibility index (Phi) is 5.99. The molecule has 0 spiro atoms. The number of halogens is 1. The zero-order valence-corrected chi connectivity index (χ0v) is 16.0. The highest BCUT2D eigenvalue weighted by molar-refractivity contribution is 5.95. The van der Waals surface area contributed by atoms with Gasteiger partial charge in [0, 0.05) is 31.1 Å². The summed E-state index contributed by atoms with van der Waals surface area (Å²) < 4.78 is 5.48. The quantitative estimate of drug-likeness (QED) is 0.890. The fraction of sp³-hybridized carbons (Fsp3) is 0.500. The van der Waals surface area contributed by atoms with Gasteiger partial charge in [0.1, 0.15) is 11.5 Å². The number of amides is 1. The predicted octanol–water partition coefficient (Wildman–Crippen LogP) is 3.32. The first-order chi connectivity index (χ1) is 12.2. The lowest BCUT2D eigenvalue weighted by molar-refractivity contribution is 0.0780. The van der Waals surface area contributed by atoms with E-state index in [1.165, 1.54) is 18.4 Å². The molecule has 1 aliphatic carbocycles. The molecule has 140 valence electrons. The molecule has 5 nitrogen and oxygen atoms in total. The third kappa shape index (κ3) is 3.64. The molecule has 6 heteroatoms. The Labute approximate surface area is 160 Å². The molecule has 0 radical (unpaired) electrons. The van der Waals surface area contributed by atoms with Gasteiger partial charge in [-0.05, 0) is 49.8 Å². The SMILES string of the molecule is CN(Cc1noc2c1CCCC2)C(=O)c1ccccc1C1CCNC1.Cl. The lowest BCUT2D eigenvalue weighted by Gasteiger charge is -2.21. The van der Waals surface area contributed by atoms with E-state index < -0.39 is 0 Å². The van der Waals surface area contributed by atoms with Gasteiger partial charge in [-0.25, -0.2) is 0 Å². The molecule has 1 unspecified atom stereocenters.